The molecule has 1 heterocycles. The van der Waals surface area contributed by atoms with Crippen LogP contribution in [-0.2, 0) is 4.74 Å². The predicted molar refractivity (Wildman–Crippen MR) is 80.6 cm³/mol. The lowest BCUT2D eigenvalue weighted by atomic mass is 9.77. The zero-order chi connectivity index (χ0) is 13.6. The summed E-state index contributed by atoms with van der Waals surface area (Å²) in [7, 11) is 2.26. The van der Waals surface area contributed by atoms with Crippen molar-refractivity contribution in [3.63, 3.8) is 0 Å². The van der Waals surface area contributed by atoms with Crippen molar-refractivity contribution in [2.45, 2.75) is 69.9 Å². The third-order valence-corrected chi connectivity index (χ3v) is 4.98. The highest BCUT2D eigenvalue weighted by atomic mass is 16.5. The smallest absolute Gasteiger partial charge is 0.0694 e. The van der Waals surface area contributed by atoms with Crippen molar-refractivity contribution in [1.29, 1.82) is 0 Å². The molecule has 1 aliphatic heterocycles. The molecular weight excluding hydrogens is 236 g/mol. The maximum Gasteiger partial charge on any atom is 0.0694 e. The van der Waals surface area contributed by atoms with Gasteiger partial charge in [0.2, 0.25) is 0 Å². The largest absolute Gasteiger partial charge is 0.375 e. The van der Waals surface area contributed by atoms with Gasteiger partial charge in [0.25, 0.3) is 0 Å². The summed E-state index contributed by atoms with van der Waals surface area (Å²) in [5.74, 6) is 0. The Bertz CT molecular complexity index is 253. The van der Waals surface area contributed by atoms with Crippen LogP contribution in [0.4, 0.5) is 0 Å². The first-order chi connectivity index (χ1) is 9.26. The van der Waals surface area contributed by atoms with Crippen molar-refractivity contribution in [2.75, 3.05) is 33.3 Å². The Labute approximate surface area is 119 Å². The van der Waals surface area contributed by atoms with Gasteiger partial charge in [0.05, 0.1) is 5.60 Å². The molecule has 3 nitrogen and oxygen atoms in total. The molecule has 1 N–H and O–H groups in total. The second kappa shape index (κ2) is 7.61. The van der Waals surface area contributed by atoms with Crippen LogP contribution in [0.1, 0.15) is 58.3 Å². The highest BCUT2D eigenvalue weighted by Crippen LogP contribution is 2.38. The lowest BCUT2D eigenvalue weighted by Gasteiger charge is -2.42. The molecule has 0 aromatic rings. The molecule has 0 amide bonds. The summed E-state index contributed by atoms with van der Waals surface area (Å²) in [6, 6.07) is 0.773. The molecule has 112 valence electrons. The number of ether oxygens (including phenoxy) is 1. The van der Waals surface area contributed by atoms with E-state index in [-0.39, 0.29) is 5.60 Å². The van der Waals surface area contributed by atoms with Gasteiger partial charge in [-0.2, -0.15) is 0 Å². The van der Waals surface area contributed by atoms with Gasteiger partial charge in [0, 0.05) is 12.6 Å². The molecule has 1 saturated carbocycles. The predicted octanol–water partition coefficient (Wildman–Crippen LogP) is 2.80. The lowest BCUT2D eigenvalue weighted by Crippen LogP contribution is -2.43. The first kappa shape index (κ1) is 15.3. The van der Waals surface area contributed by atoms with Crippen molar-refractivity contribution >= 4 is 0 Å². The lowest BCUT2D eigenvalue weighted by molar-refractivity contribution is -0.107. The van der Waals surface area contributed by atoms with Crippen LogP contribution in [0.25, 0.3) is 0 Å². The minimum atomic E-state index is 0.234. The maximum absolute atomic E-state index is 6.29. The zero-order valence-corrected chi connectivity index (χ0v) is 12.9. The highest BCUT2D eigenvalue weighted by Gasteiger charge is 2.37. The van der Waals surface area contributed by atoms with E-state index in [1.54, 1.807) is 0 Å². The van der Waals surface area contributed by atoms with Crippen LogP contribution in [0.15, 0.2) is 0 Å². The van der Waals surface area contributed by atoms with E-state index in [4.69, 9.17) is 4.74 Å². The summed E-state index contributed by atoms with van der Waals surface area (Å²) in [5, 5.41) is 3.51. The van der Waals surface area contributed by atoms with E-state index in [1.807, 2.05) is 0 Å². The van der Waals surface area contributed by atoms with Crippen LogP contribution < -0.4 is 5.32 Å². The first-order valence-corrected chi connectivity index (χ1v) is 8.31. The van der Waals surface area contributed by atoms with E-state index < -0.39 is 0 Å². The molecule has 0 aromatic heterocycles. The molecule has 0 radical (unpaired) electrons. The molecule has 3 heteroatoms. The van der Waals surface area contributed by atoms with E-state index in [1.165, 1.54) is 57.9 Å². The second-order valence-corrected chi connectivity index (χ2v) is 6.45. The van der Waals surface area contributed by atoms with Crippen molar-refractivity contribution < 1.29 is 4.74 Å². The highest BCUT2D eigenvalue weighted by molar-refractivity contribution is 4.90. The third kappa shape index (κ3) is 4.44. The number of nitrogens with zero attached hydrogens (tertiary/aromatic N) is 1. The fourth-order valence-electron chi connectivity index (χ4n) is 3.41. The topological polar surface area (TPSA) is 24.5 Å². The van der Waals surface area contributed by atoms with E-state index in [2.05, 4.69) is 24.2 Å². The molecule has 0 aromatic carbocycles. The molecule has 0 bridgehead atoms. The number of nitrogens with one attached hydrogen (secondary N) is 1. The second-order valence-electron chi connectivity index (χ2n) is 6.45. The van der Waals surface area contributed by atoms with Crippen LogP contribution in [0.2, 0.25) is 0 Å². The molecule has 2 rings (SSSR count). The Hall–Kier alpha value is -0.120. The summed E-state index contributed by atoms with van der Waals surface area (Å²) in [5.41, 5.74) is 0.234. The van der Waals surface area contributed by atoms with Crippen LogP contribution in [0, 0.1) is 0 Å². The minimum absolute atomic E-state index is 0.234. The number of likely N-dealkylation sites (tertiary alicyclic amines) is 1. The van der Waals surface area contributed by atoms with Gasteiger partial charge >= 0.3 is 0 Å². The number of hydrogen-bond donors (Lipinski definition) is 1. The molecule has 1 atom stereocenters. The zero-order valence-electron chi connectivity index (χ0n) is 12.9. The third-order valence-electron chi connectivity index (χ3n) is 4.98. The quantitative estimate of drug-likeness (QED) is 0.651. The van der Waals surface area contributed by atoms with Crippen molar-refractivity contribution in [2.24, 2.45) is 0 Å². The van der Waals surface area contributed by atoms with Crippen molar-refractivity contribution in [3.8, 4) is 0 Å². The van der Waals surface area contributed by atoms with Gasteiger partial charge < -0.3 is 15.0 Å². The van der Waals surface area contributed by atoms with Crippen LogP contribution in [0.3, 0.4) is 0 Å². The summed E-state index contributed by atoms with van der Waals surface area (Å²) < 4.78 is 6.29. The van der Waals surface area contributed by atoms with Gasteiger partial charge in [-0.15, -0.1) is 0 Å². The fraction of sp³-hybridized carbons (Fsp3) is 1.00. The Kier molecular flexibility index (Phi) is 6.11. The maximum atomic E-state index is 6.29. The van der Waals surface area contributed by atoms with Gasteiger partial charge in [-0.05, 0) is 78.0 Å². The molecule has 2 fully saturated rings. The van der Waals surface area contributed by atoms with E-state index in [0.29, 0.717) is 0 Å². The minimum Gasteiger partial charge on any atom is -0.375 e. The first-order valence-electron chi connectivity index (χ1n) is 8.31. The van der Waals surface area contributed by atoms with Gasteiger partial charge in [-0.25, -0.2) is 0 Å². The normalized spacial score (nSPS) is 26.5. The molecule has 19 heavy (non-hydrogen) atoms. The molecule has 2 aliphatic rings. The van der Waals surface area contributed by atoms with E-state index in [0.717, 1.165) is 25.7 Å². The van der Waals surface area contributed by atoms with E-state index >= 15 is 0 Å². The molecular formula is C16H32N2O. The number of hydrogen-bond acceptors (Lipinski definition) is 3. The average molecular weight is 268 g/mol. The fourth-order valence-corrected chi connectivity index (χ4v) is 3.41. The van der Waals surface area contributed by atoms with Crippen LogP contribution in [-0.4, -0.2) is 49.8 Å². The standard InChI is InChI=1S/C16H32N2O/c1-3-11-17-12-10-16(8-5-9-16)19-14-7-15-6-4-13-18(15)2/h15,17H,3-14H2,1-2H3. The summed E-state index contributed by atoms with van der Waals surface area (Å²) >= 11 is 0. The van der Waals surface area contributed by atoms with Crippen molar-refractivity contribution in [1.82, 2.24) is 10.2 Å². The Morgan fingerprint density at radius 1 is 1.26 bits per heavy atom. The molecule has 0 spiro atoms. The number of rotatable bonds is 9. The molecule has 1 unspecified atom stereocenters. The Balaban J connectivity index is 1.61. The van der Waals surface area contributed by atoms with E-state index in [9.17, 15) is 0 Å². The van der Waals surface area contributed by atoms with Gasteiger partial charge in [-0.1, -0.05) is 6.92 Å². The van der Waals surface area contributed by atoms with Gasteiger partial charge in [0.15, 0.2) is 0 Å². The summed E-state index contributed by atoms with van der Waals surface area (Å²) in [4.78, 5) is 2.50. The van der Waals surface area contributed by atoms with Crippen LogP contribution >= 0.6 is 0 Å². The van der Waals surface area contributed by atoms with Gasteiger partial charge in [0.1, 0.15) is 0 Å². The Morgan fingerprint density at radius 2 is 2.11 bits per heavy atom. The summed E-state index contributed by atoms with van der Waals surface area (Å²) in [6.07, 6.45) is 10.3. The summed E-state index contributed by atoms with van der Waals surface area (Å²) in [6.45, 7) is 6.72. The SMILES string of the molecule is CCCNCCC1(OCCC2CCCN2C)CCC1. The molecule has 1 saturated heterocycles. The molecule has 1 aliphatic carbocycles. The van der Waals surface area contributed by atoms with Crippen molar-refractivity contribution in [3.05, 3.63) is 0 Å². The van der Waals surface area contributed by atoms with Crippen LogP contribution in [0.5, 0.6) is 0 Å². The Morgan fingerprint density at radius 3 is 2.68 bits per heavy atom. The van der Waals surface area contributed by atoms with Gasteiger partial charge in [-0.3, -0.25) is 0 Å². The monoisotopic (exact) mass is 268 g/mol. The average Bonchev–Trinajstić information content (AvgIpc) is 2.76.